The van der Waals surface area contributed by atoms with E-state index in [0.29, 0.717) is 0 Å². The number of aryl methyl sites for hydroxylation is 1. The molecule has 2 aromatic heterocycles. The molecule has 0 unspecified atom stereocenters. The second kappa shape index (κ2) is 6.19. The van der Waals surface area contributed by atoms with Gasteiger partial charge in [0, 0.05) is 38.2 Å². The van der Waals surface area contributed by atoms with Gasteiger partial charge in [-0.25, -0.2) is 0 Å². The van der Waals surface area contributed by atoms with E-state index >= 15 is 0 Å². The predicted octanol–water partition coefficient (Wildman–Crippen LogP) is 1.47. The standard InChI is InChI=1S/C14H20N4O2/c1-12-8-13(20-16-12)9-17-5-3-7-19-14(10-17)11-18-6-2-4-15-18/h2,4,6,8,14H,3,5,7,9-11H2,1H3/t14-/m0/s1. The first kappa shape index (κ1) is 13.3. The van der Waals surface area contributed by atoms with Gasteiger partial charge in [-0.1, -0.05) is 5.16 Å². The van der Waals surface area contributed by atoms with Crippen LogP contribution in [0.15, 0.2) is 29.0 Å². The molecule has 20 heavy (non-hydrogen) atoms. The monoisotopic (exact) mass is 276 g/mol. The molecule has 3 heterocycles. The summed E-state index contributed by atoms with van der Waals surface area (Å²) in [6.45, 7) is 6.24. The highest BCUT2D eigenvalue weighted by Crippen LogP contribution is 2.12. The summed E-state index contributed by atoms with van der Waals surface area (Å²) in [6.07, 6.45) is 4.98. The fourth-order valence-corrected chi connectivity index (χ4v) is 2.55. The van der Waals surface area contributed by atoms with Crippen LogP contribution in [0.3, 0.4) is 0 Å². The number of hydrogen-bond donors (Lipinski definition) is 0. The summed E-state index contributed by atoms with van der Waals surface area (Å²) in [6, 6.07) is 3.93. The Balaban J connectivity index is 1.60. The summed E-state index contributed by atoms with van der Waals surface area (Å²) in [5.74, 6) is 0.919. The lowest BCUT2D eigenvalue weighted by atomic mass is 10.3. The molecule has 1 atom stereocenters. The minimum atomic E-state index is 0.168. The van der Waals surface area contributed by atoms with Crippen LogP contribution in [0, 0.1) is 6.92 Å². The molecule has 3 rings (SSSR count). The molecule has 0 N–H and O–H groups in total. The maximum atomic E-state index is 5.90. The minimum Gasteiger partial charge on any atom is -0.375 e. The van der Waals surface area contributed by atoms with E-state index in [0.717, 1.165) is 50.7 Å². The highest BCUT2D eigenvalue weighted by atomic mass is 16.5. The Kier molecular flexibility index (Phi) is 4.13. The van der Waals surface area contributed by atoms with Crippen LogP contribution in [-0.2, 0) is 17.8 Å². The molecule has 0 amide bonds. The topological polar surface area (TPSA) is 56.3 Å². The second-order valence-corrected chi connectivity index (χ2v) is 5.24. The molecule has 0 aromatic carbocycles. The highest BCUT2D eigenvalue weighted by molar-refractivity contribution is 5.02. The molecular weight excluding hydrogens is 256 g/mol. The molecule has 0 saturated carbocycles. The average molecular weight is 276 g/mol. The Morgan fingerprint density at radius 3 is 3.15 bits per heavy atom. The molecule has 0 bridgehead atoms. The van der Waals surface area contributed by atoms with Gasteiger partial charge in [-0.15, -0.1) is 0 Å². The summed E-state index contributed by atoms with van der Waals surface area (Å²) < 4.78 is 13.1. The zero-order valence-corrected chi connectivity index (χ0v) is 11.7. The van der Waals surface area contributed by atoms with Crippen molar-refractivity contribution in [3.8, 4) is 0 Å². The van der Waals surface area contributed by atoms with Crippen molar-refractivity contribution < 1.29 is 9.26 Å². The lowest BCUT2D eigenvalue weighted by Crippen LogP contribution is -2.34. The van der Waals surface area contributed by atoms with Crippen LogP contribution in [0.1, 0.15) is 17.9 Å². The maximum absolute atomic E-state index is 5.90. The largest absolute Gasteiger partial charge is 0.375 e. The molecule has 0 spiro atoms. The molecule has 1 aliphatic heterocycles. The van der Waals surface area contributed by atoms with Gasteiger partial charge in [0.15, 0.2) is 5.76 Å². The zero-order valence-electron chi connectivity index (χ0n) is 11.7. The quantitative estimate of drug-likeness (QED) is 0.846. The van der Waals surface area contributed by atoms with Gasteiger partial charge in [0.25, 0.3) is 0 Å². The fourth-order valence-electron chi connectivity index (χ4n) is 2.55. The number of ether oxygens (including phenoxy) is 1. The van der Waals surface area contributed by atoms with E-state index in [1.807, 2.05) is 29.9 Å². The molecule has 1 saturated heterocycles. The molecule has 0 aliphatic carbocycles. The Morgan fingerprint density at radius 2 is 2.40 bits per heavy atom. The van der Waals surface area contributed by atoms with Gasteiger partial charge in [0.2, 0.25) is 0 Å². The second-order valence-electron chi connectivity index (χ2n) is 5.24. The summed E-state index contributed by atoms with van der Waals surface area (Å²) in [5.41, 5.74) is 0.930. The van der Waals surface area contributed by atoms with Crippen molar-refractivity contribution in [2.75, 3.05) is 19.7 Å². The van der Waals surface area contributed by atoms with Gasteiger partial charge < -0.3 is 9.26 Å². The van der Waals surface area contributed by atoms with Crippen molar-refractivity contribution in [2.24, 2.45) is 0 Å². The van der Waals surface area contributed by atoms with Gasteiger partial charge in [-0.05, 0) is 19.4 Å². The molecule has 108 valence electrons. The smallest absolute Gasteiger partial charge is 0.150 e. The van der Waals surface area contributed by atoms with Crippen molar-refractivity contribution in [3.63, 3.8) is 0 Å². The van der Waals surface area contributed by atoms with E-state index in [2.05, 4.69) is 15.2 Å². The Bertz CT molecular complexity index is 523. The number of nitrogens with zero attached hydrogens (tertiary/aromatic N) is 4. The van der Waals surface area contributed by atoms with Crippen LogP contribution < -0.4 is 0 Å². The van der Waals surface area contributed by atoms with E-state index in [1.165, 1.54) is 0 Å². The maximum Gasteiger partial charge on any atom is 0.150 e. The van der Waals surface area contributed by atoms with E-state index in [-0.39, 0.29) is 6.10 Å². The summed E-state index contributed by atoms with van der Waals surface area (Å²) >= 11 is 0. The van der Waals surface area contributed by atoms with E-state index in [1.54, 1.807) is 6.20 Å². The van der Waals surface area contributed by atoms with Gasteiger partial charge in [0.1, 0.15) is 0 Å². The van der Waals surface area contributed by atoms with Crippen molar-refractivity contribution >= 4 is 0 Å². The van der Waals surface area contributed by atoms with Gasteiger partial charge >= 0.3 is 0 Å². The molecular formula is C14H20N4O2. The Morgan fingerprint density at radius 1 is 1.45 bits per heavy atom. The predicted molar refractivity (Wildman–Crippen MR) is 73.1 cm³/mol. The zero-order chi connectivity index (χ0) is 13.8. The van der Waals surface area contributed by atoms with E-state index in [9.17, 15) is 0 Å². The SMILES string of the molecule is Cc1cc(CN2CCCO[C@H](Cn3cccn3)C2)on1. The molecule has 6 heteroatoms. The van der Waals surface area contributed by atoms with Crippen molar-refractivity contribution in [3.05, 3.63) is 36.0 Å². The molecule has 6 nitrogen and oxygen atoms in total. The van der Waals surface area contributed by atoms with Crippen LogP contribution in [-0.4, -0.2) is 45.6 Å². The third-order valence-corrected chi connectivity index (χ3v) is 3.44. The van der Waals surface area contributed by atoms with Crippen LogP contribution in [0.2, 0.25) is 0 Å². The molecule has 2 aromatic rings. The summed E-state index contributed by atoms with van der Waals surface area (Å²) in [4.78, 5) is 2.36. The third-order valence-electron chi connectivity index (χ3n) is 3.44. The summed E-state index contributed by atoms with van der Waals surface area (Å²) in [5, 5.41) is 8.18. The minimum absolute atomic E-state index is 0.168. The lowest BCUT2D eigenvalue weighted by molar-refractivity contribution is 0.0381. The molecule has 1 fully saturated rings. The Hall–Kier alpha value is -1.66. The number of aromatic nitrogens is 3. The number of hydrogen-bond acceptors (Lipinski definition) is 5. The Labute approximate surface area is 118 Å². The van der Waals surface area contributed by atoms with Gasteiger partial charge in [-0.2, -0.15) is 5.10 Å². The van der Waals surface area contributed by atoms with Crippen LogP contribution in [0.25, 0.3) is 0 Å². The van der Waals surface area contributed by atoms with Gasteiger partial charge in [0.05, 0.1) is 24.9 Å². The normalized spacial score (nSPS) is 20.9. The number of rotatable bonds is 4. The third kappa shape index (κ3) is 3.46. The first-order valence-corrected chi connectivity index (χ1v) is 7.03. The molecule has 0 radical (unpaired) electrons. The van der Waals surface area contributed by atoms with Crippen LogP contribution in [0.4, 0.5) is 0 Å². The van der Waals surface area contributed by atoms with Crippen molar-refractivity contribution in [1.29, 1.82) is 0 Å². The molecule has 1 aliphatic rings. The van der Waals surface area contributed by atoms with Crippen molar-refractivity contribution in [2.45, 2.75) is 32.5 Å². The van der Waals surface area contributed by atoms with Crippen molar-refractivity contribution in [1.82, 2.24) is 19.8 Å². The first-order chi connectivity index (χ1) is 9.79. The first-order valence-electron chi connectivity index (χ1n) is 7.03. The fraction of sp³-hybridized carbons (Fsp3) is 0.571. The van der Waals surface area contributed by atoms with E-state index in [4.69, 9.17) is 9.26 Å². The van der Waals surface area contributed by atoms with Crippen LogP contribution in [0.5, 0.6) is 0 Å². The lowest BCUT2D eigenvalue weighted by Gasteiger charge is -2.22. The van der Waals surface area contributed by atoms with E-state index < -0.39 is 0 Å². The summed E-state index contributed by atoms with van der Waals surface area (Å²) in [7, 11) is 0. The van der Waals surface area contributed by atoms with Gasteiger partial charge in [-0.3, -0.25) is 9.58 Å². The van der Waals surface area contributed by atoms with Crippen LogP contribution >= 0.6 is 0 Å². The average Bonchev–Trinajstić information content (AvgIpc) is 3.00. The highest BCUT2D eigenvalue weighted by Gasteiger charge is 2.20.